The summed E-state index contributed by atoms with van der Waals surface area (Å²) in [5, 5.41) is 9.39. The Labute approximate surface area is 105 Å². The van der Waals surface area contributed by atoms with E-state index < -0.39 is 0 Å². The summed E-state index contributed by atoms with van der Waals surface area (Å²) in [7, 11) is 0. The van der Waals surface area contributed by atoms with Crippen LogP contribution in [0.1, 0.15) is 32.3 Å². The molecule has 16 heavy (non-hydrogen) atoms. The van der Waals surface area contributed by atoms with Crippen molar-refractivity contribution in [3.63, 3.8) is 0 Å². The molecule has 0 radical (unpaired) electrons. The Bertz CT molecular complexity index is 354. The van der Waals surface area contributed by atoms with E-state index in [-0.39, 0.29) is 17.8 Å². The Balaban J connectivity index is 2.85. The van der Waals surface area contributed by atoms with E-state index in [9.17, 15) is 9.50 Å². The minimum atomic E-state index is -0.219. The van der Waals surface area contributed by atoms with E-state index in [1.54, 1.807) is 6.07 Å². The quantitative estimate of drug-likeness (QED) is 0.870. The molecule has 90 valence electrons. The summed E-state index contributed by atoms with van der Waals surface area (Å²) in [5.41, 5.74) is 0.455. The van der Waals surface area contributed by atoms with Gasteiger partial charge in [-0.25, -0.2) is 4.39 Å². The second kappa shape index (κ2) is 5.78. The van der Waals surface area contributed by atoms with Crippen molar-refractivity contribution in [2.24, 2.45) is 5.41 Å². The second-order valence-electron chi connectivity index (χ2n) is 4.63. The van der Waals surface area contributed by atoms with Gasteiger partial charge in [-0.1, -0.05) is 42.3 Å². The lowest BCUT2D eigenvalue weighted by atomic mass is 9.80. The SMILES string of the molecule is CCCC(C)(CO)Cc1ccc(Br)cc1F. The molecular formula is C13H18BrFO. The van der Waals surface area contributed by atoms with Crippen molar-refractivity contribution in [3.8, 4) is 0 Å². The van der Waals surface area contributed by atoms with E-state index in [0.29, 0.717) is 12.0 Å². The average Bonchev–Trinajstić information content (AvgIpc) is 2.23. The van der Waals surface area contributed by atoms with Crippen LogP contribution in [0.15, 0.2) is 22.7 Å². The highest BCUT2D eigenvalue weighted by Crippen LogP contribution is 2.29. The molecule has 1 aromatic carbocycles. The van der Waals surface area contributed by atoms with E-state index in [1.165, 1.54) is 6.07 Å². The first-order valence-electron chi connectivity index (χ1n) is 5.55. The molecule has 0 heterocycles. The molecule has 1 aromatic rings. The first-order chi connectivity index (χ1) is 7.50. The van der Waals surface area contributed by atoms with Crippen LogP contribution in [0.2, 0.25) is 0 Å². The van der Waals surface area contributed by atoms with E-state index >= 15 is 0 Å². The highest BCUT2D eigenvalue weighted by atomic mass is 79.9. The molecule has 0 saturated carbocycles. The molecular weight excluding hydrogens is 271 g/mol. The van der Waals surface area contributed by atoms with Crippen molar-refractivity contribution in [2.45, 2.75) is 33.1 Å². The largest absolute Gasteiger partial charge is 0.396 e. The van der Waals surface area contributed by atoms with Gasteiger partial charge in [0.05, 0.1) is 0 Å². The maximum atomic E-state index is 13.6. The molecule has 0 amide bonds. The van der Waals surface area contributed by atoms with Gasteiger partial charge in [-0.2, -0.15) is 0 Å². The maximum absolute atomic E-state index is 13.6. The summed E-state index contributed by atoms with van der Waals surface area (Å²) in [4.78, 5) is 0. The van der Waals surface area contributed by atoms with E-state index in [2.05, 4.69) is 22.9 Å². The zero-order valence-corrected chi connectivity index (χ0v) is 11.3. The highest BCUT2D eigenvalue weighted by molar-refractivity contribution is 9.10. The molecule has 0 aliphatic rings. The van der Waals surface area contributed by atoms with E-state index in [4.69, 9.17) is 0 Å². The molecule has 0 aromatic heterocycles. The van der Waals surface area contributed by atoms with Crippen molar-refractivity contribution in [1.29, 1.82) is 0 Å². The average molecular weight is 289 g/mol. The topological polar surface area (TPSA) is 20.2 Å². The minimum Gasteiger partial charge on any atom is -0.396 e. The van der Waals surface area contributed by atoms with Gasteiger partial charge in [0.2, 0.25) is 0 Å². The number of hydrogen-bond donors (Lipinski definition) is 1. The first kappa shape index (κ1) is 13.7. The standard InChI is InChI=1S/C13H18BrFO/c1-3-6-13(2,9-16)8-10-4-5-11(14)7-12(10)15/h4-5,7,16H,3,6,8-9H2,1-2H3. The third-order valence-electron chi connectivity index (χ3n) is 2.87. The van der Waals surface area contributed by atoms with Crippen molar-refractivity contribution in [3.05, 3.63) is 34.1 Å². The lowest BCUT2D eigenvalue weighted by Gasteiger charge is -2.27. The van der Waals surface area contributed by atoms with Gasteiger partial charge < -0.3 is 5.11 Å². The van der Waals surface area contributed by atoms with Gasteiger partial charge in [0.25, 0.3) is 0 Å². The maximum Gasteiger partial charge on any atom is 0.127 e. The molecule has 1 unspecified atom stereocenters. The molecule has 0 saturated heterocycles. The number of benzene rings is 1. The number of aliphatic hydroxyl groups is 1. The number of halogens is 2. The molecule has 0 aliphatic carbocycles. The summed E-state index contributed by atoms with van der Waals surface area (Å²) in [6.07, 6.45) is 2.48. The van der Waals surface area contributed by atoms with Crippen LogP contribution in [0.3, 0.4) is 0 Å². The fourth-order valence-corrected chi connectivity index (χ4v) is 2.28. The molecule has 1 nitrogen and oxygen atoms in total. The second-order valence-corrected chi connectivity index (χ2v) is 5.55. The molecule has 0 spiro atoms. The number of rotatable bonds is 5. The predicted octanol–water partition coefficient (Wildman–Crippen LogP) is 3.93. The lowest BCUT2D eigenvalue weighted by molar-refractivity contribution is 0.130. The molecule has 3 heteroatoms. The Kier molecular flexibility index (Phi) is 4.93. The van der Waals surface area contributed by atoms with Gasteiger partial charge in [0, 0.05) is 11.1 Å². The van der Waals surface area contributed by atoms with E-state index in [0.717, 1.165) is 17.3 Å². The van der Waals surface area contributed by atoms with Gasteiger partial charge in [-0.3, -0.25) is 0 Å². The van der Waals surface area contributed by atoms with Crippen LogP contribution < -0.4 is 0 Å². The molecule has 1 N–H and O–H groups in total. The van der Waals surface area contributed by atoms with E-state index in [1.807, 2.05) is 13.0 Å². The van der Waals surface area contributed by atoms with Gasteiger partial charge in [-0.15, -0.1) is 0 Å². The van der Waals surface area contributed by atoms with Crippen molar-refractivity contribution < 1.29 is 9.50 Å². The Morgan fingerprint density at radius 1 is 1.44 bits per heavy atom. The predicted molar refractivity (Wildman–Crippen MR) is 67.9 cm³/mol. The Morgan fingerprint density at radius 3 is 2.62 bits per heavy atom. The van der Waals surface area contributed by atoms with Crippen molar-refractivity contribution in [2.75, 3.05) is 6.61 Å². The van der Waals surface area contributed by atoms with Crippen molar-refractivity contribution >= 4 is 15.9 Å². The smallest absolute Gasteiger partial charge is 0.127 e. The zero-order chi connectivity index (χ0) is 12.2. The summed E-state index contributed by atoms with van der Waals surface area (Å²) in [6.45, 7) is 4.17. The highest BCUT2D eigenvalue weighted by Gasteiger charge is 2.24. The first-order valence-corrected chi connectivity index (χ1v) is 6.35. The molecule has 1 atom stereocenters. The number of hydrogen-bond acceptors (Lipinski definition) is 1. The van der Waals surface area contributed by atoms with Crippen LogP contribution in [0, 0.1) is 11.2 Å². The third kappa shape index (κ3) is 3.56. The van der Waals surface area contributed by atoms with Crippen LogP contribution in [-0.2, 0) is 6.42 Å². The molecule has 0 aliphatic heterocycles. The van der Waals surface area contributed by atoms with Crippen LogP contribution in [0.5, 0.6) is 0 Å². The van der Waals surface area contributed by atoms with Crippen LogP contribution in [-0.4, -0.2) is 11.7 Å². The van der Waals surface area contributed by atoms with Crippen LogP contribution in [0.25, 0.3) is 0 Å². The lowest BCUT2D eigenvalue weighted by Crippen LogP contribution is -2.24. The summed E-state index contributed by atoms with van der Waals surface area (Å²) in [5.74, 6) is -0.204. The molecule has 1 rings (SSSR count). The number of aliphatic hydroxyl groups excluding tert-OH is 1. The fourth-order valence-electron chi connectivity index (χ4n) is 1.95. The van der Waals surface area contributed by atoms with Crippen LogP contribution in [0.4, 0.5) is 4.39 Å². The third-order valence-corrected chi connectivity index (χ3v) is 3.36. The minimum absolute atomic E-state index is 0.0936. The van der Waals surface area contributed by atoms with Gasteiger partial charge in [-0.05, 0) is 36.0 Å². The molecule has 0 fully saturated rings. The van der Waals surface area contributed by atoms with Crippen LogP contribution >= 0.6 is 15.9 Å². The molecule has 0 bridgehead atoms. The van der Waals surface area contributed by atoms with Crippen molar-refractivity contribution in [1.82, 2.24) is 0 Å². The summed E-state index contributed by atoms with van der Waals surface area (Å²) in [6, 6.07) is 5.09. The Hall–Kier alpha value is -0.410. The van der Waals surface area contributed by atoms with Gasteiger partial charge >= 0.3 is 0 Å². The monoisotopic (exact) mass is 288 g/mol. The van der Waals surface area contributed by atoms with Gasteiger partial charge in [0.1, 0.15) is 5.82 Å². The Morgan fingerprint density at radius 2 is 2.12 bits per heavy atom. The zero-order valence-electron chi connectivity index (χ0n) is 9.76. The van der Waals surface area contributed by atoms with Gasteiger partial charge in [0.15, 0.2) is 0 Å². The summed E-state index contributed by atoms with van der Waals surface area (Å²) >= 11 is 3.23. The normalized spacial score (nSPS) is 14.8. The fraction of sp³-hybridized carbons (Fsp3) is 0.538. The summed E-state index contributed by atoms with van der Waals surface area (Å²) < 4.78 is 14.4.